The van der Waals surface area contributed by atoms with Gasteiger partial charge in [-0.2, -0.15) is 4.98 Å². The second-order valence-electron chi connectivity index (χ2n) is 5.79. The Labute approximate surface area is 136 Å². The Morgan fingerprint density at radius 1 is 1.22 bits per heavy atom. The Bertz CT molecular complexity index is 799. The second kappa shape index (κ2) is 6.41. The second-order valence-corrected chi connectivity index (χ2v) is 7.78. The molecule has 124 valence electrons. The molecule has 0 bridgehead atoms. The first-order valence-electron chi connectivity index (χ1n) is 7.85. The third kappa shape index (κ3) is 3.61. The van der Waals surface area contributed by atoms with Gasteiger partial charge in [-0.15, -0.1) is 0 Å². The molecule has 3 rings (SSSR count). The Hall–Kier alpha value is -1.73. The van der Waals surface area contributed by atoms with E-state index in [-0.39, 0.29) is 6.10 Å². The molecule has 1 aromatic heterocycles. The van der Waals surface area contributed by atoms with E-state index in [0.717, 1.165) is 23.1 Å². The fourth-order valence-corrected chi connectivity index (χ4v) is 3.65. The summed E-state index contributed by atoms with van der Waals surface area (Å²) in [6.07, 6.45) is 3.32. The van der Waals surface area contributed by atoms with Gasteiger partial charge in [-0.1, -0.05) is 19.1 Å². The fourth-order valence-electron chi connectivity index (χ4n) is 2.78. The molecule has 1 aromatic carbocycles. The van der Waals surface area contributed by atoms with Crippen LogP contribution < -0.4 is 4.74 Å². The number of aryl methyl sites for hydroxylation is 1. The molecule has 0 saturated carbocycles. The lowest BCUT2D eigenvalue weighted by Crippen LogP contribution is -2.41. The number of piperidine rings is 1. The van der Waals surface area contributed by atoms with Crippen LogP contribution in [0, 0.1) is 0 Å². The molecule has 1 saturated heterocycles. The highest BCUT2D eigenvalue weighted by molar-refractivity contribution is 7.88. The number of sulfonamides is 1. The lowest BCUT2D eigenvalue weighted by Gasteiger charge is -2.30. The summed E-state index contributed by atoms with van der Waals surface area (Å²) in [5.41, 5.74) is 0.878. The Morgan fingerprint density at radius 3 is 2.57 bits per heavy atom. The number of fused-ring (bicyclic) bond motifs is 1. The minimum Gasteiger partial charge on any atom is -0.474 e. The summed E-state index contributed by atoms with van der Waals surface area (Å²) in [5, 5.41) is 0.898. The highest BCUT2D eigenvalue weighted by Gasteiger charge is 2.26. The van der Waals surface area contributed by atoms with Gasteiger partial charge in [0.1, 0.15) is 11.9 Å². The van der Waals surface area contributed by atoms with Crippen molar-refractivity contribution in [2.45, 2.75) is 32.3 Å². The zero-order valence-corrected chi connectivity index (χ0v) is 14.2. The number of ether oxygens (including phenoxy) is 1. The van der Waals surface area contributed by atoms with Crippen LogP contribution in [-0.4, -0.2) is 48.1 Å². The van der Waals surface area contributed by atoms with Gasteiger partial charge in [0.15, 0.2) is 0 Å². The van der Waals surface area contributed by atoms with Crippen molar-refractivity contribution < 1.29 is 13.2 Å². The largest absolute Gasteiger partial charge is 0.474 e. The molecule has 1 fully saturated rings. The van der Waals surface area contributed by atoms with E-state index in [1.165, 1.54) is 10.6 Å². The Kier molecular flexibility index (Phi) is 4.50. The van der Waals surface area contributed by atoms with Crippen molar-refractivity contribution in [3.8, 4) is 5.88 Å². The van der Waals surface area contributed by atoms with E-state index in [2.05, 4.69) is 9.97 Å². The molecule has 2 heterocycles. The van der Waals surface area contributed by atoms with E-state index in [1.54, 1.807) is 0 Å². The van der Waals surface area contributed by atoms with Gasteiger partial charge in [0.25, 0.3) is 0 Å². The molecule has 0 unspecified atom stereocenters. The number of hydrogen-bond acceptors (Lipinski definition) is 5. The summed E-state index contributed by atoms with van der Waals surface area (Å²) >= 11 is 0. The molecule has 0 N–H and O–H groups in total. The summed E-state index contributed by atoms with van der Waals surface area (Å²) in [7, 11) is -3.12. The molecule has 23 heavy (non-hydrogen) atoms. The van der Waals surface area contributed by atoms with E-state index >= 15 is 0 Å². The number of hydrogen-bond donors (Lipinski definition) is 0. The zero-order chi connectivity index (χ0) is 16.4. The lowest BCUT2D eigenvalue weighted by atomic mass is 10.1. The van der Waals surface area contributed by atoms with Crippen LogP contribution in [0.1, 0.15) is 25.6 Å². The summed E-state index contributed by atoms with van der Waals surface area (Å²) in [6.45, 7) is 3.00. The molecule has 0 atom stereocenters. The standard InChI is InChI=1S/C16H21N3O3S/c1-3-15-17-14-7-5-4-6-13(14)16(18-15)22-12-8-10-19(11-9-12)23(2,20)21/h4-7,12H,3,8-11H2,1-2H3. The van der Waals surface area contributed by atoms with Crippen molar-refractivity contribution in [1.29, 1.82) is 0 Å². The van der Waals surface area contributed by atoms with Gasteiger partial charge < -0.3 is 4.74 Å². The van der Waals surface area contributed by atoms with Gasteiger partial charge in [-0.05, 0) is 25.0 Å². The van der Waals surface area contributed by atoms with E-state index in [1.807, 2.05) is 31.2 Å². The van der Waals surface area contributed by atoms with Crippen LogP contribution in [0.15, 0.2) is 24.3 Å². The molecule has 1 aliphatic rings. The molecular formula is C16H21N3O3S. The third-order valence-electron chi connectivity index (χ3n) is 4.08. The van der Waals surface area contributed by atoms with E-state index in [0.29, 0.717) is 31.8 Å². The smallest absolute Gasteiger partial charge is 0.224 e. The Morgan fingerprint density at radius 2 is 1.91 bits per heavy atom. The fraction of sp³-hybridized carbons (Fsp3) is 0.500. The summed E-state index contributed by atoms with van der Waals surface area (Å²) in [6, 6.07) is 7.80. The van der Waals surface area contributed by atoms with Crippen LogP contribution in [-0.2, 0) is 16.4 Å². The van der Waals surface area contributed by atoms with E-state index in [9.17, 15) is 8.42 Å². The van der Waals surface area contributed by atoms with Gasteiger partial charge in [0, 0.05) is 19.5 Å². The number of benzene rings is 1. The third-order valence-corrected chi connectivity index (χ3v) is 5.38. The first kappa shape index (κ1) is 16.1. The molecule has 2 aromatic rings. The van der Waals surface area contributed by atoms with E-state index < -0.39 is 10.0 Å². The average molecular weight is 335 g/mol. The maximum Gasteiger partial charge on any atom is 0.224 e. The SMILES string of the molecule is CCc1nc(OC2CCN(S(C)(=O)=O)CC2)c2ccccc2n1. The maximum absolute atomic E-state index is 11.6. The highest BCUT2D eigenvalue weighted by atomic mass is 32.2. The molecule has 1 aliphatic heterocycles. The molecule has 0 aliphatic carbocycles. The molecule has 0 amide bonds. The monoisotopic (exact) mass is 335 g/mol. The number of aromatic nitrogens is 2. The molecule has 6 nitrogen and oxygen atoms in total. The van der Waals surface area contributed by atoms with Crippen LogP contribution in [0.3, 0.4) is 0 Å². The number of para-hydroxylation sites is 1. The van der Waals surface area contributed by atoms with Gasteiger partial charge in [-0.25, -0.2) is 17.7 Å². The lowest BCUT2D eigenvalue weighted by molar-refractivity contribution is 0.131. The van der Waals surface area contributed by atoms with Crippen molar-refractivity contribution in [2.75, 3.05) is 19.3 Å². The minimum absolute atomic E-state index is 0.0176. The summed E-state index contributed by atoms with van der Waals surface area (Å²) < 4.78 is 30.8. The van der Waals surface area contributed by atoms with Crippen molar-refractivity contribution >= 4 is 20.9 Å². The minimum atomic E-state index is -3.12. The van der Waals surface area contributed by atoms with Crippen LogP contribution in [0.4, 0.5) is 0 Å². The van der Waals surface area contributed by atoms with Crippen LogP contribution in [0.5, 0.6) is 5.88 Å². The quantitative estimate of drug-likeness (QED) is 0.854. The van der Waals surface area contributed by atoms with Crippen LogP contribution in [0.25, 0.3) is 10.9 Å². The summed E-state index contributed by atoms with van der Waals surface area (Å²) in [4.78, 5) is 9.03. The summed E-state index contributed by atoms with van der Waals surface area (Å²) in [5.74, 6) is 1.36. The molecule has 7 heteroatoms. The number of rotatable bonds is 4. The topological polar surface area (TPSA) is 72.4 Å². The van der Waals surface area contributed by atoms with E-state index in [4.69, 9.17) is 4.74 Å². The number of nitrogens with zero attached hydrogens (tertiary/aromatic N) is 3. The molecular weight excluding hydrogens is 314 g/mol. The highest BCUT2D eigenvalue weighted by Crippen LogP contribution is 2.26. The zero-order valence-electron chi connectivity index (χ0n) is 13.4. The predicted molar refractivity (Wildman–Crippen MR) is 89.0 cm³/mol. The van der Waals surface area contributed by atoms with Gasteiger partial charge in [0.05, 0.1) is 17.2 Å². The van der Waals surface area contributed by atoms with Crippen molar-refractivity contribution in [3.05, 3.63) is 30.1 Å². The molecule has 0 radical (unpaired) electrons. The average Bonchev–Trinajstić information content (AvgIpc) is 2.54. The van der Waals surface area contributed by atoms with Crippen LogP contribution in [0.2, 0.25) is 0 Å². The predicted octanol–water partition coefficient (Wildman–Crippen LogP) is 2.00. The van der Waals surface area contributed by atoms with Crippen LogP contribution >= 0.6 is 0 Å². The van der Waals surface area contributed by atoms with Crippen molar-refractivity contribution in [3.63, 3.8) is 0 Å². The van der Waals surface area contributed by atoms with Gasteiger partial charge in [-0.3, -0.25) is 0 Å². The van der Waals surface area contributed by atoms with Crippen molar-refractivity contribution in [1.82, 2.24) is 14.3 Å². The van der Waals surface area contributed by atoms with Gasteiger partial charge >= 0.3 is 0 Å². The molecule has 0 spiro atoms. The first-order valence-corrected chi connectivity index (χ1v) is 9.69. The van der Waals surface area contributed by atoms with Crippen molar-refractivity contribution in [2.24, 2.45) is 0 Å². The van der Waals surface area contributed by atoms with Gasteiger partial charge in [0.2, 0.25) is 15.9 Å². The maximum atomic E-state index is 11.6. The normalized spacial score (nSPS) is 17.5. The Balaban J connectivity index is 1.80. The first-order chi connectivity index (χ1) is 11.0.